The molecule has 2 N–H and O–H groups in total. The zero-order valence-electron chi connectivity index (χ0n) is 16.7. The molecule has 2 atom stereocenters. The molecule has 2 aromatic rings. The molecule has 28 heavy (non-hydrogen) atoms. The van der Waals surface area contributed by atoms with Gasteiger partial charge in [-0.1, -0.05) is 56.3 Å². The summed E-state index contributed by atoms with van der Waals surface area (Å²) < 4.78 is 5.71. The number of ether oxygens (including phenoxy) is 1. The minimum Gasteiger partial charge on any atom is -0.493 e. The third-order valence-corrected chi connectivity index (χ3v) is 5.19. The Morgan fingerprint density at radius 2 is 1.79 bits per heavy atom. The highest BCUT2D eigenvalue weighted by Crippen LogP contribution is 2.32. The van der Waals surface area contributed by atoms with E-state index in [0.717, 1.165) is 24.4 Å². The fraction of sp³-hybridized carbons (Fsp3) is 0.435. The molecule has 0 unspecified atom stereocenters. The predicted molar refractivity (Wildman–Crippen MR) is 116 cm³/mol. The molecular formula is C23H31ClN2O2. The fourth-order valence-corrected chi connectivity index (χ4v) is 3.64. The smallest absolute Gasteiger partial charge is 0.227 e. The van der Waals surface area contributed by atoms with E-state index >= 15 is 0 Å². The lowest BCUT2D eigenvalue weighted by Gasteiger charge is -2.17. The molecule has 3 rings (SSSR count). The van der Waals surface area contributed by atoms with Crippen molar-refractivity contribution < 1.29 is 9.53 Å². The van der Waals surface area contributed by atoms with Gasteiger partial charge in [0.15, 0.2) is 0 Å². The molecule has 1 saturated heterocycles. The summed E-state index contributed by atoms with van der Waals surface area (Å²) in [4.78, 5) is 14.8. The Morgan fingerprint density at radius 1 is 1.11 bits per heavy atom. The summed E-state index contributed by atoms with van der Waals surface area (Å²) in [5, 5.41) is 0. The second-order valence-corrected chi connectivity index (χ2v) is 7.84. The van der Waals surface area contributed by atoms with Crippen molar-refractivity contribution in [3.63, 3.8) is 0 Å². The summed E-state index contributed by atoms with van der Waals surface area (Å²) >= 11 is 0. The van der Waals surface area contributed by atoms with E-state index in [1.54, 1.807) is 0 Å². The average molecular weight is 403 g/mol. The Labute approximate surface area is 174 Å². The standard InChI is InChI=1S/C23H30N2O2.ClH/c1-17(2)16-27-21-10-8-18(9-11-21)12-23(26)25-14-20(13-24)22(15-25)19-6-4-3-5-7-19;/h3-11,17,20,22H,12-16,24H2,1-2H3;1H/t20-,22+;/m1./s1. The van der Waals surface area contributed by atoms with Gasteiger partial charge in [0.1, 0.15) is 5.75 Å². The fourth-order valence-electron chi connectivity index (χ4n) is 3.64. The Bertz CT molecular complexity index is 734. The van der Waals surface area contributed by atoms with E-state index in [9.17, 15) is 4.79 Å². The second kappa shape index (κ2) is 10.5. The van der Waals surface area contributed by atoms with Gasteiger partial charge in [0.25, 0.3) is 0 Å². The minimum absolute atomic E-state index is 0. The number of nitrogens with zero attached hydrogens (tertiary/aromatic N) is 1. The molecule has 2 aromatic carbocycles. The van der Waals surface area contributed by atoms with Crippen LogP contribution in [0.2, 0.25) is 0 Å². The van der Waals surface area contributed by atoms with Crippen LogP contribution >= 0.6 is 12.4 Å². The summed E-state index contributed by atoms with van der Waals surface area (Å²) in [6.07, 6.45) is 0.420. The van der Waals surface area contributed by atoms with Gasteiger partial charge in [0.2, 0.25) is 5.91 Å². The molecule has 1 aliphatic heterocycles. The largest absolute Gasteiger partial charge is 0.493 e. The van der Waals surface area contributed by atoms with E-state index in [0.29, 0.717) is 37.3 Å². The van der Waals surface area contributed by atoms with Crippen molar-refractivity contribution >= 4 is 18.3 Å². The van der Waals surface area contributed by atoms with Gasteiger partial charge in [-0.3, -0.25) is 4.79 Å². The molecule has 4 nitrogen and oxygen atoms in total. The first-order valence-corrected chi connectivity index (χ1v) is 9.81. The average Bonchev–Trinajstić information content (AvgIpc) is 3.13. The monoisotopic (exact) mass is 402 g/mol. The van der Waals surface area contributed by atoms with Gasteiger partial charge in [0.05, 0.1) is 13.0 Å². The lowest BCUT2D eigenvalue weighted by molar-refractivity contribution is -0.129. The Hall–Kier alpha value is -2.04. The van der Waals surface area contributed by atoms with Gasteiger partial charge in [-0.25, -0.2) is 0 Å². The first-order chi connectivity index (χ1) is 13.1. The van der Waals surface area contributed by atoms with E-state index in [1.807, 2.05) is 35.2 Å². The molecule has 0 spiro atoms. The number of amides is 1. The third-order valence-electron chi connectivity index (χ3n) is 5.19. The van der Waals surface area contributed by atoms with Crippen LogP contribution in [0.4, 0.5) is 0 Å². The highest BCUT2D eigenvalue weighted by molar-refractivity contribution is 5.85. The molecule has 0 bridgehead atoms. The molecule has 0 radical (unpaired) electrons. The van der Waals surface area contributed by atoms with Crippen LogP contribution in [0.5, 0.6) is 5.75 Å². The normalized spacial score (nSPS) is 18.8. The number of nitrogens with two attached hydrogens (primary N) is 1. The van der Waals surface area contributed by atoms with Crippen LogP contribution in [-0.4, -0.2) is 37.0 Å². The van der Waals surface area contributed by atoms with Crippen molar-refractivity contribution in [3.8, 4) is 5.75 Å². The van der Waals surface area contributed by atoms with Gasteiger partial charge >= 0.3 is 0 Å². The third kappa shape index (κ3) is 5.73. The van der Waals surface area contributed by atoms with Crippen LogP contribution in [0.15, 0.2) is 54.6 Å². The molecule has 0 saturated carbocycles. The Morgan fingerprint density at radius 3 is 2.39 bits per heavy atom. The van der Waals surface area contributed by atoms with Crippen LogP contribution in [0.3, 0.4) is 0 Å². The minimum atomic E-state index is 0. The number of carbonyl (C=O) groups is 1. The van der Waals surface area contributed by atoms with Gasteiger partial charge in [-0.2, -0.15) is 0 Å². The van der Waals surface area contributed by atoms with E-state index in [-0.39, 0.29) is 18.3 Å². The molecule has 0 aliphatic carbocycles. The highest BCUT2D eigenvalue weighted by atomic mass is 35.5. The summed E-state index contributed by atoms with van der Waals surface area (Å²) in [6.45, 7) is 7.05. The van der Waals surface area contributed by atoms with Crippen LogP contribution in [-0.2, 0) is 11.2 Å². The molecule has 1 heterocycles. The maximum absolute atomic E-state index is 12.8. The SMILES string of the molecule is CC(C)COc1ccc(CC(=O)N2C[C@@H](CN)[C@H](c3ccccc3)C2)cc1.Cl. The molecule has 1 fully saturated rings. The molecule has 1 amide bonds. The number of halogens is 1. The lowest BCUT2D eigenvalue weighted by Crippen LogP contribution is -2.31. The highest BCUT2D eigenvalue weighted by Gasteiger charge is 2.35. The van der Waals surface area contributed by atoms with E-state index in [1.165, 1.54) is 5.56 Å². The van der Waals surface area contributed by atoms with Crippen molar-refractivity contribution in [3.05, 3.63) is 65.7 Å². The zero-order chi connectivity index (χ0) is 19.2. The Kier molecular flexibility index (Phi) is 8.34. The van der Waals surface area contributed by atoms with Crippen molar-refractivity contribution in [1.82, 2.24) is 4.90 Å². The summed E-state index contributed by atoms with van der Waals surface area (Å²) in [7, 11) is 0. The second-order valence-electron chi connectivity index (χ2n) is 7.84. The molecule has 152 valence electrons. The number of hydrogen-bond donors (Lipinski definition) is 1. The van der Waals surface area contributed by atoms with Gasteiger partial charge in [0, 0.05) is 19.0 Å². The van der Waals surface area contributed by atoms with Gasteiger partial charge in [-0.15, -0.1) is 12.4 Å². The molecule has 1 aliphatic rings. The first-order valence-electron chi connectivity index (χ1n) is 9.81. The number of likely N-dealkylation sites (tertiary alicyclic amines) is 1. The maximum atomic E-state index is 12.8. The topological polar surface area (TPSA) is 55.6 Å². The number of benzene rings is 2. The van der Waals surface area contributed by atoms with Crippen LogP contribution in [0.1, 0.15) is 30.9 Å². The number of rotatable bonds is 7. The predicted octanol–water partition coefficient (Wildman–Crippen LogP) is 3.89. The number of carbonyl (C=O) groups excluding carboxylic acids is 1. The van der Waals surface area contributed by atoms with Crippen LogP contribution in [0, 0.1) is 11.8 Å². The maximum Gasteiger partial charge on any atom is 0.227 e. The van der Waals surface area contributed by atoms with Crippen LogP contribution < -0.4 is 10.5 Å². The molecule has 5 heteroatoms. The summed E-state index contributed by atoms with van der Waals surface area (Å²) in [5.74, 6) is 2.17. The molecular weight excluding hydrogens is 372 g/mol. The molecule has 0 aromatic heterocycles. The summed E-state index contributed by atoms with van der Waals surface area (Å²) in [5.41, 5.74) is 8.28. The van der Waals surface area contributed by atoms with Crippen LogP contribution in [0.25, 0.3) is 0 Å². The van der Waals surface area contributed by atoms with Crippen molar-refractivity contribution in [2.45, 2.75) is 26.2 Å². The van der Waals surface area contributed by atoms with E-state index in [4.69, 9.17) is 10.5 Å². The van der Waals surface area contributed by atoms with Crippen molar-refractivity contribution in [1.29, 1.82) is 0 Å². The van der Waals surface area contributed by atoms with Gasteiger partial charge < -0.3 is 15.4 Å². The van der Waals surface area contributed by atoms with Crippen molar-refractivity contribution in [2.75, 3.05) is 26.2 Å². The quantitative estimate of drug-likeness (QED) is 0.764. The summed E-state index contributed by atoms with van der Waals surface area (Å²) in [6, 6.07) is 18.3. The number of hydrogen-bond acceptors (Lipinski definition) is 3. The van der Waals surface area contributed by atoms with E-state index < -0.39 is 0 Å². The van der Waals surface area contributed by atoms with Gasteiger partial charge in [-0.05, 0) is 41.6 Å². The van der Waals surface area contributed by atoms with Crippen molar-refractivity contribution in [2.24, 2.45) is 17.6 Å². The zero-order valence-corrected chi connectivity index (χ0v) is 17.5. The van der Waals surface area contributed by atoms with E-state index in [2.05, 4.69) is 38.1 Å². The Balaban J connectivity index is 0.00000280. The lowest BCUT2D eigenvalue weighted by atomic mass is 9.89. The first kappa shape index (κ1) is 22.3.